The van der Waals surface area contributed by atoms with Crippen LogP contribution in [0.3, 0.4) is 0 Å². The van der Waals surface area contributed by atoms with Crippen molar-refractivity contribution in [2.24, 2.45) is 11.8 Å². The summed E-state index contributed by atoms with van der Waals surface area (Å²) in [5.74, 6) is 1.36. The van der Waals surface area contributed by atoms with Gasteiger partial charge in [-0.15, -0.1) is 0 Å². The molecule has 1 saturated heterocycles. The lowest BCUT2D eigenvalue weighted by molar-refractivity contribution is 0.0403. The number of carboxylic acid groups (broad SMARTS) is 1. The van der Waals surface area contributed by atoms with Crippen LogP contribution in [0.25, 0.3) is 21.6 Å². The predicted molar refractivity (Wildman–Crippen MR) is 145 cm³/mol. The van der Waals surface area contributed by atoms with Crippen LogP contribution in [0.15, 0.2) is 35.0 Å². The number of carbonyl (C=O) groups is 1. The third-order valence-electron chi connectivity index (χ3n) is 7.89. The van der Waals surface area contributed by atoms with Crippen LogP contribution in [0, 0.1) is 11.8 Å². The van der Waals surface area contributed by atoms with Crippen molar-refractivity contribution < 1.29 is 19.2 Å². The maximum Gasteiger partial charge on any atom is 0.337 e. The number of hydrogen-bond donors (Lipinski definition) is 1. The molecule has 196 valence electrons. The van der Waals surface area contributed by atoms with E-state index in [1.54, 1.807) is 6.07 Å². The van der Waals surface area contributed by atoms with Gasteiger partial charge < -0.3 is 19.3 Å². The molecule has 1 aromatic carbocycles. The summed E-state index contributed by atoms with van der Waals surface area (Å²) in [5.41, 5.74) is 3.13. The number of anilines is 1. The van der Waals surface area contributed by atoms with E-state index in [0.717, 1.165) is 59.9 Å². The van der Waals surface area contributed by atoms with Crippen LogP contribution >= 0.6 is 34.5 Å². The molecule has 2 saturated carbocycles. The molecule has 0 spiro atoms. The van der Waals surface area contributed by atoms with Crippen molar-refractivity contribution in [2.45, 2.75) is 44.3 Å². The van der Waals surface area contributed by atoms with Gasteiger partial charge in [0.05, 0.1) is 33.0 Å². The SMILES string of the molecule is O=C(O)c1cnc2nc(N3C[C@H]4CC(OCc5c(-c6c(Cl)cccc6Cl)noc5C5CC5)C[C@H]4C3)sc2c1. The van der Waals surface area contributed by atoms with Crippen LogP contribution in [0.2, 0.25) is 10.0 Å². The number of rotatable bonds is 7. The summed E-state index contributed by atoms with van der Waals surface area (Å²) in [5, 5.41) is 15.6. The minimum Gasteiger partial charge on any atom is -0.478 e. The zero-order valence-electron chi connectivity index (χ0n) is 20.3. The Hall–Kier alpha value is -2.72. The number of carboxylic acids is 1. The van der Waals surface area contributed by atoms with Crippen molar-refractivity contribution in [3.05, 3.63) is 57.4 Å². The van der Waals surface area contributed by atoms with Crippen LogP contribution in [0.1, 0.15) is 53.3 Å². The Kier molecular flexibility index (Phi) is 6.07. The molecule has 3 fully saturated rings. The van der Waals surface area contributed by atoms with E-state index >= 15 is 0 Å². The zero-order valence-corrected chi connectivity index (χ0v) is 22.6. The van der Waals surface area contributed by atoms with E-state index in [2.05, 4.69) is 20.0 Å². The molecular weight excluding hydrogens is 547 g/mol. The number of hydrogen-bond acceptors (Lipinski definition) is 8. The highest BCUT2D eigenvalue weighted by Crippen LogP contribution is 2.47. The van der Waals surface area contributed by atoms with E-state index in [9.17, 15) is 9.90 Å². The minimum atomic E-state index is -0.978. The fraction of sp³-hybridized carbons (Fsp3) is 0.407. The van der Waals surface area contributed by atoms with Crippen molar-refractivity contribution in [1.29, 1.82) is 0 Å². The second-order valence-electron chi connectivity index (χ2n) is 10.4. The van der Waals surface area contributed by atoms with Gasteiger partial charge in [-0.2, -0.15) is 4.98 Å². The van der Waals surface area contributed by atoms with Crippen molar-refractivity contribution in [3.63, 3.8) is 0 Å². The largest absolute Gasteiger partial charge is 0.478 e. The summed E-state index contributed by atoms with van der Waals surface area (Å²) in [6.45, 7) is 2.25. The van der Waals surface area contributed by atoms with E-state index in [0.29, 0.717) is 51.3 Å². The molecule has 8 nitrogen and oxygen atoms in total. The highest BCUT2D eigenvalue weighted by Gasteiger charge is 2.43. The lowest BCUT2D eigenvalue weighted by Crippen LogP contribution is -2.23. The monoisotopic (exact) mass is 570 g/mol. The molecule has 0 radical (unpaired) electrons. The number of pyridine rings is 1. The van der Waals surface area contributed by atoms with Crippen LogP contribution in [0.5, 0.6) is 0 Å². The minimum absolute atomic E-state index is 0.166. The maximum absolute atomic E-state index is 11.3. The molecule has 4 heterocycles. The summed E-state index contributed by atoms with van der Waals surface area (Å²) in [6, 6.07) is 7.10. The molecule has 3 aromatic heterocycles. The average molecular weight is 571 g/mol. The smallest absolute Gasteiger partial charge is 0.337 e. The van der Waals surface area contributed by atoms with E-state index in [1.807, 2.05) is 18.2 Å². The fourth-order valence-electron chi connectivity index (χ4n) is 5.85. The molecule has 4 aromatic rings. The first-order valence-corrected chi connectivity index (χ1v) is 14.3. The summed E-state index contributed by atoms with van der Waals surface area (Å²) >= 11 is 14.5. The number of aromatic nitrogens is 3. The van der Waals surface area contributed by atoms with Crippen LogP contribution in [-0.4, -0.2) is 45.4 Å². The molecule has 11 heteroatoms. The van der Waals surface area contributed by atoms with Crippen LogP contribution in [-0.2, 0) is 11.3 Å². The zero-order chi connectivity index (χ0) is 26.0. The first kappa shape index (κ1) is 24.3. The number of fused-ring (bicyclic) bond motifs is 2. The molecule has 3 aliphatic rings. The molecule has 0 amide bonds. The molecule has 2 aliphatic carbocycles. The van der Waals surface area contributed by atoms with Gasteiger partial charge in [0.25, 0.3) is 0 Å². The second-order valence-corrected chi connectivity index (χ2v) is 12.2. The third kappa shape index (κ3) is 4.35. The van der Waals surface area contributed by atoms with Gasteiger partial charge in [-0.1, -0.05) is 45.8 Å². The molecular formula is C27H24Cl2N4O4S. The molecule has 1 N–H and O–H groups in total. The molecule has 0 bridgehead atoms. The number of halogens is 2. The Bertz CT molecular complexity index is 1520. The van der Waals surface area contributed by atoms with Gasteiger partial charge >= 0.3 is 5.97 Å². The Labute approximate surface area is 232 Å². The van der Waals surface area contributed by atoms with E-state index in [1.165, 1.54) is 17.5 Å². The van der Waals surface area contributed by atoms with Gasteiger partial charge in [0.2, 0.25) is 0 Å². The molecule has 7 rings (SSSR count). The Balaban J connectivity index is 1.03. The third-order valence-corrected chi connectivity index (χ3v) is 9.57. The summed E-state index contributed by atoms with van der Waals surface area (Å²) in [7, 11) is 0. The van der Waals surface area contributed by atoms with Crippen LogP contribution < -0.4 is 4.90 Å². The lowest BCUT2D eigenvalue weighted by atomic mass is 10.0. The maximum atomic E-state index is 11.3. The first-order valence-electron chi connectivity index (χ1n) is 12.7. The molecule has 38 heavy (non-hydrogen) atoms. The van der Waals surface area contributed by atoms with Crippen molar-refractivity contribution >= 4 is 56.0 Å². The second kappa shape index (κ2) is 9.48. The standard InChI is InChI=1S/C27H24Cl2N4O4S/c28-19-2-1-3-20(29)22(19)23-18(24(37-32-23)13-4-5-13)12-36-17-6-15-10-33(11-16(15)7-17)27-31-25-21(38-27)8-14(9-30-25)26(34)35/h1-3,8-9,13,15-17H,4-7,10-12H2,(H,34,35)/t15-,16+,17?. The van der Waals surface area contributed by atoms with Gasteiger partial charge in [0.1, 0.15) is 11.5 Å². The van der Waals surface area contributed by atoms with Gasteiger partial charge in [-0.25, -0.2) is 9.78 Å². The highest BCUT2D eigenvalue weighted by atomic mass is 35.5. The number of thiazole rings is 1. The predicted octanol–water partition coefficient (Wildman–Crippen LogP) is 6.66. The Morgan fingerprint density at radius 3 is 2.61 bits per heavy atom. The fourth-order valence-corrected chi connectivity index (χ4v) is 7.41. The van der Waals surface area contributed by atoms with Gasteiger partial charge in [-0.05, 0) is 55.7 Å². The first-order chi connectivity index (χ1) is 18.4. The Morgan fingerprint density at radius 2 is 1.92 bits per heavy atom. The number of ether oxygens (including phenoxy) is 1. The average Bonchev–Trinajstić information content (AvgIpc) is 3.19. The van der Waals surface area contributed by atoms with E-state index < -0.39 is 5.97 Å². The quantitative estimate of drug-likeness (QED) is 0.263. The topological polar surface area (TPSA) is 102 Å². The molecule has 1 unspecified atom stereocenters. The normalized spacial score (nSPS) is 22.9. The van der Waals surface area contributed by atoms with E-state index in [4.69, 9.17) is 32.5 Å². The molecule has 1 aliphatic heterocycles. The van der Waals surface area contributed by atoms with Crippen LogP contribution in [0.4, 0.5) is 5.13 Å². The van der Waals surface area contributed by atoms with Crippen molar-refractivity contribution in [2.75, 3.05) is 18.0 Å². The molecule has 3 atom stereocenters. The highest BCUT2D eigenvalue weighted by molar-refractivity contribution is 7.22. The number of aromatic carboxylic acids is 1. The lowest BCUT2D eigenvalue weighted by Gasteiger charge is -2.19. The van der Waals surface area contributed by atoms with Gasteiger partial charge in [0.15, 0.2) is 10.8 Å². The van der Waals surface area contributed by atoms with Gasteiger partial charge in [-0.3, -0.25) is 0 Å². The van der Waals surface area contributed by atoms with Crippen molar-refractivity contribution in [3.8, 4) is 11.3 Å². The summed E-state index contributed by atoms with van der Waals surface area (Å²) in [4.78, 5) is 22.5. The Morgan fingerprint density at radius 1 is 1.18 bits per heavy atom. The summed E-state index contributed by atoms with van der Waals surface area (Å²) in [6.07, 6.45) is 5.70. The van der Waals surface area contributed by atoms with Gasteiger partial charge in [0, 0.05) is 36.3 Å². The van der Waals surface area contributed by atoms with E-state index in [-0.39, 0.29) is 11.7 Å². The van der Waals surface area contributed by atoms with Crippen molar-refractivity contribution in [1.82, 2.24) is 15.1 Å². The number of benzene rings is 1. The summed E-state index contributed by atoms with van der Waals surface area (Å²) < 4.78 is 13.1. The number of nitrogens with zero attached hydrogens (tertiary/aromatic N) is 4.